The van der Waals surface area contributed by atoms with Gasteiger partial charge in [0.15, 0.2) is 0 Å². The minimum atomic E-state index is 0.364. The molecule has 2 N–H and O–H groups in total. The molecule has 2 aromatic rings. The second-order valence-electron chi connectivity index (χ2n) is 4.30. The zero-order valence-corrected chi connectivity index (χ0v) is 11.5. The van der Waals surface area contributed by atoms with Crippen LogP contribution in [0.4, 0.5) is 11.8 Å². The molecule has 4 nitrogen and oxygen atoms in total. The lowest BCUT2D eigenvalue weighted by molar-refractivity contribution is 0.890. The van der Waals surface area contributed by atoms with Gasteiger partial charge in [-0.05, 0) is 33.8 Å². The number of fused-ring (bicyclic) bond motifs is 1. The van der Waals surface area contributed by atoms with Crippen LogP contribution in [0.25, 0.3) is 10.2 Å². The molecule has 2 rings (SSSR count). The van der Waals surface area contributed by atoms with Crippen LogP contribution in [-0.2, 0) is 0 Å². The Morgan fingerprint density at radius 2 is 2.12 bits per heavy atom. The first kappa shape index (κ1) is 12.1. The van der Waals surface area contributed by atoms with Gasteiger partial charge < -0.3 is 10.6 Å². The summed E-state index contributed by atoms with van der Waals surface area (Å²) >= 11 is 1.70. The zero-order chi connectivity index (χ0) is 12.4. The van der Waals surface area contributed by atoms with E-state index in [-0.39, 0.29) is 0 Å². The predicted molar refractivity (Wildman–Crippen MR) is 75.1 cm³/mol. The molecule has 0 saturated heterocycles. The standard InChI is InChI=1S/C12H18N4S/c1-5-13-12-15-10(14-7(2)3)9-6-8(4)17-11(9)16-12/h6-7H,5H2,1-4H3,(H2,13,14,15,16). The van der Waals surface area contributed by atoms with Crippen LogP contribution in [0.2, 0.25) is 0 Å². The van der Waals surface area contributed by atoms with E-state index in [0.717, 1.165) is 22.6 Å². The molecule has 92 valence electrons. The first-order valence-electron chi connectivity index (χ1n) is 5.88. The lowest BCUT2D eigenvalue weighted by Gasteiger charge is -2.11. The maximum Gasteiger partial charge on any atom is 0.226 e. The SMILES string of the molecule is CCNc1nc(NC(C)C)c2cc(C)sc2n1. The van der Waals surface area contributed by atoms with Crippen molar-refractivity contribution in [1.29, 1.82) is 0 Å². The molecule has 0 atom stereocenters. The van der Waals surface area contributed by atoms with Crippen molar-refractivity contribution in [2.24, 2.45) is 0 Å². The zero-order valence-electron chi connectivity index (χ0n) is 10.7. The van der Waals surface area contributed by atoms with Gasteiger partial charge in [0.05, 0.1) is 5.39 Å². The number of hydrogen-bond donors (Lipinski definition) is 2. The molecule has 0 aliphatic heterocycles. The van der Waals surface area contributed by atoms with Crippen molar-refractivity contribution in [3.05, 3.63) is 10.9 Å². The Morgan fingerprint density at radius 1 is 1.35 bits per heavy atom. The number of aryl methyl sites for hydroxylation is 1. The predicted octanol–water partition coefficient (Wildman–Crippen LogP) is 3.25. The average Bonchev–Trinajstić information content (AvgIpc) is 2.58. The van der Waals surface area contributed by atoms with Crippen LogP contribution in [0.1, 0.15) is 25.6 Å². The van der Waals surface area contributed by atoms with E-state index in [9.17, 15) is 0 Å². The summed E-state index contributed by atoms with van der Waals surface area (Å²) in [5.41, 5.74) is 0. The van der Waals surface area contributed by atoms with E-state index in [4.69, 9.17) is 0 Å². The summed E-state index contributed by atoms with van der Waals surface area (Å²) in [6.45, 7) is 9.19. The fourth-order valence-corrected chi connectivity index (χ4v) is 2.54. The third-order valence-corrected chi connectivity index (χ3v) is 3.22. The maximum atomic E-state index is 4.52. The first-order chi connectivity index (χ1) is 8.10. The van der Waals surface area contributed by atoms with Crippen molar-refractivity contribution in [3.63, 3.8) is 0 Å². The molecule has 0 aliphatic carbocycles. The summed E-state index contributed by atoms with van der Waals surface area (Å²) in [4.78, 5) is 11.3. The van der Waals surface area contributed by atoms with Gasteiger partial charge in [0.2, 0.25) is 5.95 Å². The van der Waals surface area contributed by atoms with Crippen LogP contribution in [0.3, 0.4) is 0 Å². The lowest BCUT2D eigenvalue weighted by atomic mass is 10.3. The molecule has 0 saturated carbocycles. The summed E-state index contributed by atoms with van der Waals surface area (Å²) in [7, 11) is 0. The van der Waals surface area contributed by atoms with Crippen molar-refractivity contribution in [2.45, 2.75) is 33.7 Å². The van der Waals surface area contributed by atoms with Crippen LogP contribution in [0.15, 0.2) is 6.07 Å². The van der Waals surface area contributed by atoms with E-state index in [1.54, 1.807) is 11.3 Å². The highest BCUT2D eigenvalue weighted by atomic mass is 32.1. The molecule has 17 heavy (non-hydrogen) atoms. The molecule has 0 aliphatic rings. The highest BCUT2D eigenvalue weighted by molar-refractivity contribution is 7.18. The minimum Gasteiger partial charge on any atom is -0.367 e. The molecule has 2 aromatic heterocycles. The van der Waals surface area contributed by atoms with Gasteiger partial charge in [-0.25, -0.2) is 4.98 Å². The molecule has 0 bridgehead atoms. The molecule has 0 amide bonds. The van der Waals surface area contributed by atoms with Gasteiger partial charge in [-0.15, -0.1) is 11.3 Å². The van der Waals surface area contributed by atoms with Crippen molar-refractivity contribution in [2.75, 3.05) is 17.2 Å². The quantitative estimate of drug-likeness (QED) is 0.874. The van der Waals surface area contributed by atoms with Crippen LogP contribution in [0.5, 0.6) is 0 Å². The summed E-state index contributed by atoms with van der Waals surface area (Å²) in [6, 6.07) is 2.50. The van der Waals surface area contributed by atoms with Crippen molar-refractivity contribution in [3.8, 4) is 0 Å². The van der Waals surface area contributed by atoms with Gasteiger partial charge in [-0.3, -0.25) is 0 Å². The van der Waals surface area contributed by atoms with Crippen molar-refractivity contribution >= 4 is 33.3 Å². The van der Waals surface area contributed by atoms with Gasteiger partial charge in [-0.2, -0.15) is 4.98 Å². The topological polar surface area (TPSA) is 49.8 Å². The highest BCUT2D eigenvalue weighted by Crippen LogP contribution is 2.29. The van der Waals surface area contributed by atoms with Crippen molar-refractivity contribution < 1.29 is 0 Å². The molecular formula is C12H18N4S. The summed E-state index contributed by atoms with van der Waals surface area (Å²) in [5.74, 6) is 1.62. The average molecular weight is 250 g/mol. The van der Waals surface area contributed by atoms with Gasteiger partial charge in [0.1, 0.15) is 10.6 Å². The minimum absolute atomic E-state index is 0.364. The Bertz CT molecular complexity index is 518. The molecule has 5 heteroatoms. The Morgan fingerprint density at radius 3 is 2.76 bits per heavy atom. The number of rotatable bonds is 4. The molecule has 0 fully saturated rings. The third-order valence-electron chi connectivity index (χ3n) is 2.28. The number of anilines is 2. The fraction of sp³-hybridized carbons (Fsp3) is 0.500. The Kier molecular flexibility index (Phi) is 3.47. The molecule has 0 radical (unpaired) electrons. The second kappa shape index (κ2) is 4.87. The smallest absolute Gasteiger partial charge is 0.226 e. The number of nitrogens with one attached hydrogen (secondary N) is 2. The fourth-order valence-electron chi connectivity index (χ4n) is 1.66. The summed E-state index contributed by atoms with van der Waals surface area (Å²) < 4.78 is 0. The monoisotopic (exact) mass is 250 g/mol. The largest absolute Gasteiger partial charge is 0.367 e. The van der Waals surface area contributed by atoms with Crippen LogP contribution in [-0.4, -0.2) is 22.6 Å². The van der Waals surface area contributed by atoms with E-state index in [1.807, 2.05) is 6.92 Å². The Labute approximate surface area is 105 Å². The van der Waals surface area contributed by atoms with Gasteiger partial charge >= 0.3 is 0 Å². The van der Waals surface area contributed by atoms with E-state index < -0.39 is 0 Å². The van der Waals surface area contributed by atoms with Crippen LogP contribution < -0.4 is 10.6 Å². The lowest BCUT2D eigenvalue weighted by Crippen LogP contribution is -2.13. The van der Waals surface area contributed by atoms with E-state index >= 15 is 0 Å². The molecule has 2 heterocycles. The highest BCUT2D eigenvalue weighted by Gasteiger charge is 2.10. The van der Waals surface area contributed by atoms with Gasteiger partial charge in [-0.1, -0.05) is 0 Å². The Hall–Kier alpha value is -1.36. The van der Waals surface area contributed by atoms with Gasteiger partial charge in [0, 0.05) is 17.5 Å². The van der Waals surface area contributed by atoms with Crippen molar-refractivity contribution in [1.82, 2.24) is 9.97 Å². The second-order valence-corrected chi connectivity index (χ2v) is 5.54. The van der Waals surface area contributed by atoms with E-state index in [1.165, 1.54) is 4.88 Å². The number of hydrogen-bond acceptors (Lipinski definition) is 5. The van der Waals surface area contributed by atoms with E-state index in [2.05, 4.69) is 47.4 Å². The number of nitrogens with zero attached hydrogens (tertiary/aromatic N) is 2. The molecular weight excluding hydrogens is 232 g/mol. The van der Waals surface area contributed by atoms with E-state index in [0.29, 0.717) is 12.0 Å². The Balaban J connectivity index is 2.51. The normalized spacial score (nSPS) is 11.1. The molecule has 0 unspecified atom stereocenters. The molecule has 0 spiro atoms. The van der Waals surface area contributed by atoms with Crippen LogP contribution >= 0.6 is 11.3 Å². The van der Waals surface area contributed by atoms with Crippen LogP contribution in [0, 0.1) is 6.92 Å². The first-order valence-corrected chi connectivity index (χ1v) is 6.70. The summed E-state index contributed by atoms with van der Waals surface area (Å²) in [5, 5.41) is 7.66. The number of thiophene rings is 1. The molecule has 0 aromatic carbocycles. The third kappa shape index (κ3) is 2.66. The maximum absolute atomic E-state index is 4.52. The summed E-state index contributed by atoms with van der Waals surface area (Å²) in [6.07, 6.45) is 0. The number of aromatic nitrogens is 2. The van der Waals surface area contributed by atoms with Gasteiger partial charge in [0.25, 0.3) is 0 Å².